The summed E-state index contributed by atoms with van der Waals surface area (Å²) in [6, 6.07) is 12.7. The number of piperidine rings is 1. The molecule has 1 aliphatic rings. The van der Waals surface area contributed by atoms with Crippen LogP contribution in [0.15, 0.2) is 42.5 Å². The Morgan fingerprint density at radius 1 is 1.06 bits per heavy atom. The van der Waals surface area contributed by atoms with Gasteiger partial charge in [0.1, 0.15) is 0 Å². The first-order chi connectivity index (χ1) is 15.1. The van der Waals surface area contributed by atoms with Gasteiger partial charge in [0, 0.05) is 18.7 Å². The topological polar surface area (TPSA) is 80.8 Å². The fourth-order valence-electron chi connectivity index (χ4n) is 3.51. The van der Waals surface area contributed by atoms with Crippen LogP contribution in [0.25, 0.3) is 10.2 Å². The molecule has 2 aromatic carbocycles. The van der Waals surface area contributed by atoms with Crippen LogP contribution in [0.2, 0.25) is 0 Å². The largest absolute Gasteiger partial charge is 0.490 e. The maximum Gasteiger partial charge on any atom is 0.260 e. The molecule has 7 nitrogen and oxygen atoms in total. The Kier molecular flexibility index (Phi) is 6.66. The van der Waals surface area contributed by atoms with Crippen LogP contribution in [0, 0.1) is 0 Å². The highest BCUT2D eigenvalue weighted by Crippen LogP contribution is 2.30. The van der Waals surface area contributed by atoms with E-state index in [-0.39, 0.29) is 18.4 Å². The van der Waals surface area contributed by atoms with Gasteiger partial charge in [0.05, 0.1) is 16.8 Å². The van der Waals surface area contributed by atoms with Gasteiger partial charge in [-0.25, -0.2) is 4.98 Å². The van der Waals surface area contributed by atoms with Crippen LogP contribution in [0.4, 0.5) is 5.13 Å². The van der Waals surface area contributed by atoms with Crippen molar-refractivity contribution in [2.75, 3.05) is 31.6 Å². The molecule has 2 heterocycles. The average molecular weight is 440 g/mol. The summed E-state index contributed by atoms with van der Waals surface area (Å²) in [6.07, 6.45) is 3.24. The first kappa shape index (κ1) is 21.1. The Morgan fingerprint density at radius 3 is 2.65 bits per heavy atom. The number of fused-ring (bicyclic) bond motifs is 1. The third-order valence-electron chi connectivity index (χ3n) is 5.08. The van der Waals surface area contributed by atoms with E-state index >= 15 is 0 Å². The van der Waals surface area contributed by atoms with E-state index < -0.39 is 0 Å². The number of anilines is 1. The summed E-state index contributed by atoms with van der Waals surface area (Å²) in [7, 11) is 0. The van der Waals surface area contributed by atoms with Crippen LogP contribution >= 0.6 is 11.3 Å². The van der Waals surface area contributed by atoms with Crippen LogP contribution in [0.3, 0.4) is 0 Å². The number of ether oxygens (including phenoxy) is 2. The lowest BCUT2D eigenvalue weighted by molar-refractivity contribution is -0.134. The highest BCUT2D eigenvalue weighted by atomic mass is 32.1. The van der Waals surface area contributed by atoms with Gasteiger partial charge in [-0.2, -0.15) is 0 Å². The second-order valence-corrected chi connectivity index (χ2v) is 8.30. The Hall–Kier alpha value is -3.13. The van der Waals surface area contributed by atoms with Gasteiger partial charge in [0.25, 0.3) is 11.8 Å². The summed E-state index contributed by atoms with van der Waals surface area (Å²) < 4.78 is 12.4. The van der Waals surface area contributed by atoms with Crippen molar-refractivity contribution >= 4 is 38.5 Å². The summed E-state index contributed by atoms with van der Waals surface area (Å²) in [5, 5.41) is 3.38. The van der Waals surface area contributed by atoms with Crippen molar-refractivity contribution in [3.63, 3.8) is 0 Å². The van der Waals surface area contributed by atoms with E-state index in [1.165, 1.54) is 17.8 Å². The number of hydrogen-bond donors (Lipinski definition) is 1. The van der Waals surface area contributed by atoms with Crippen molar-refractivity contribution in [2.45, 2.75) is 26.2 Å². The average Bonchev–Trinajstić information content (AvgIpc) is 3.21. The molecular weight excluding hydrogens is 414 g/mol. The van der Waals surface area contributed by atoms with Crippen LogP contribution in [-0.4, -0.2) is 48.0 Å². The van der Waals surface area contributed by atoms with E-state index in [0.29, 0.717) is 28.8 Å². The van der Waals surface area contributed by atoms with Crippen LogP contribution in [0.5, 0.6) is 11.5 Å². The molecule has 1 aliphatic heterocycles. The lowest BCUT2D eigenvalue weighted by Gasteiger charge is -2.26. The van der Waals surface area contributed by atoms with Crippen LogP contribution < -0.4 is 14.8 Å². The zero-order valence-corrected chi connectivity index (χ0v) is 18.2. The number of likely N-dealkylation sites (tertiary alicyclic amines) is 1. The summed E-state index contributed by atoms with van der Waals surface area (Å²) in [5.74, 6) is 0.574. The number of amides is 2. The van der Waals surface area contributed by atoms with Gasteiger partial charge in [0.15, 0.2) is 23.2 Å². The predicted octanol–water partition coefficient (Wildman–Crippen LogP) is 4.34. The van der Waals surface area contributed by atoms with E-state index in [4.69, 9.17) is 9.47 Å². The molecule has 1 fully saturated rings. The summed E-state index contributed by atoms with van der Waals surface area (Å²) in [4.78, 5) is 31.4. The standard InChI is InChI=1S/C23H25N3O4S/c1-2-29-19-14-16(22(28)25-23-24-17-8-4-5-9-20(17)31-23)10-11-18(19)30-15-21(27)26-12-6-3-7-13-26/h4-5,8-11,14H,2-3,6-7,12-13,15H2,1H3,(H,24,25,28). The summed E-state index contributed by atoms with van der Waals surface area (Å²) in [6.45, 7) is 3.80. The number of benzene rings is 2. The third kappa shape index (κ3) is 5.14. The molecule has 0 atom stereocenters. The Balaban J connectivity index is 1.44. The first-order valence-corrected chi connectivity index (χ1v) is 11.3. The Morgan fingerprint density at radius 2 is 1.87 bits per heavy atom. The second-order valence-electron chi connectivity index (χ2n) is 7.27. The van der Waals surface area contributed by atoms with E-state index in [1.807, 2.05) is 36.1 Å². The minimum Gasteiger partial charge on any atom is -0.490 e. The number of nitrogens with one attached hydrogen (secondary N) is 1. The van der Waals surface area contributed by atoms with Gasteiger partial charge in [-0.1, -0.05) is 23.5 Å². The van der Waals surface area contributed by atoms with Crippen molar-refractivity contribution < 1.29 is 19.1 Å². The zero-order chi connectivity index (χ0) is 21.6. The number of nitrogens with zero attached hydrogens (tertiary/aromatic N) is 2. The van der Waals surface area contributed by atoms with Crippen molar-refractivity contribution in [1.29, 1.82) is 0 Å². The lowest BCUT2D eigenvalue weighted by Crippen LogP contribution is -2.38. The van der Waals surface area contributed by atoms with Crippen molar-refractivity contribution in [2.24, 2.45) is 0 Å². The third-order valence-corrected chi connectivity index (χ3v) is 6.03. The molecule has 2 amide bonds. The van der Waals surface area contributed by atoms with Gasteiger partial charge in [0.2, 0.25) is 0 Å². The molecule has 0 radical (unpaired) electrons. The maximum absolute atomic E-state index is 12.7. The number of thiazole rings is 1. The summed E-state index contributed by atoms with van der Waals surface area (Å²) in [5.41, 5.74) is 1.28. The predicted molar refractivity (Wildman–Crippen MR) is 121 cm³/mol. The van der Waals surface area contributed by atoms with Crippen LogP contribution in [-0.2, 0) is 4.79 Å². The molecule has 1 saturated heterocycles. The molecule has 0 aliphatic carbocycles. The van der Waals surface area contributed by atoms with Crippen LogP contribution in [0.1, 0.15) is 36.5 Å². The molecule has 0 unspecified atom stereocenters. The highest BCUT2D eigenvalue weighted by Gasteiger charge is 2.19. The van der Waals surface area contributed by atoms with Gasteiger partial charge in [-0.05, 0) is 56.5 Å². The molecule has 4 rings (SSSR count). The molecule has 8 heteroatoms. The Bertz CT molecular complexity index is 1040. The molecule has 3 aromatic rings. The molecular formula is C23H25N3O4S. The lowest BCUT2D eigenvalue weighted by atomic mass is 10.1. The smallest absolute Gasteiger partial charge is 0.260 e. The minimum absolute atomic E-state index is 0.0280. The number of para-hydroxylation sites is 1. The van der Waals surface area contributed by atoms with Gasteiger partial charge in [-0.15, -0.1) is 0 Å². The monoisotopic (exact) mass is 439 g/mol. The number of hydrogen-bond acceptors (Lipinski definition) is 6. The minimum atomic E-state index is -0.282. The molecule has 0 spiro atoms. The van der Waals surface area contributed by atoms with E-state index in [1.54, 1.807) is 18.2 Å². The molecule has 1 N–H and O–H groups in total. The number of aromatic nitrogens is 1. The molecule has 0 bridgehead atoms. The van der Waals surface area contributed by atoms with E-state index in [0.717, 1.165) is 36.1 Å². The van der Waals surface area contributed by atoms with Crippen molar-refractivity contribution in [3.05, 3.63) is 48.0 Å². The molecule has 31 heavy (non-hydrogen) atoms. The quantitative estimate of drug-likeness (QED) is 0.592. The van der Waals surface area contributed by atoms with E-state index in [9.17, 15) is 9.59 Å². The Labute approximate surface area is 185 Å². The highest BCUT2D eigenvalue weighted by molar-refractivity contribution is 7.22. The normalized spacial score (nSPS) is 13.8. The van der Waals surface area contributed by atoms with Gasteiger partial charge in [-0.3, -0.25) is 14.9 Å². The fraction of sp³-hybridized carbons (Fsp3) is 0.348. The van der Waals surface area contributed by atoms with Gasteiger partial charge >= 0.3 is 0 Å². The molecule has 162 valence electrons. The maximum atomic E-state index is 12.7. The number of carbonyl (C=O) groups is 2. The molecule has 1 aromatic heterocycles. The van der Waals surface area contributed by atoms with Gasteiger partial charge < -0.3 is 14.4 Å². The van der Waals surface area contributed by atoms with Crippen molar-refractivity contribution in [1.82, 2.24) is 9.88 Å². The zero-order valence-electron chi connectivity index (χ0n) is 17.4. The first-order valence-electron chi connectivity index (χ1n) is 10.5. The number of rotatable bonds is 7. The fourth-order valence-corrected chi connectivity index (χ4v) is 4.37. The van der Waals surface area contributed by atoms with Crippen molar-refractivity contribution in [3.8, 4) is 11.5 Å². The second kappa shape index (κ2) is 9.78. The SMILES string of the molecule is CCOc1cc(C(=O)Nc2nc3ccccc3s2)ccc1OCC(=O)N1CCCCC1. The summed E-state index contributed by atoms with van der Waals surface area (Å²) >= 11 is 1.42. The molecule has 0 saturated carbocycles. The van der Waals surface area contributed by atoms with E-state index in [2.05, 4.69) is 10.3 Å². The number of carbonyl (C=O) groups excluding carboxylic acids is 2.